The fraction of sp³-hybridized carbons (Fsp3) is 0.111. The molecule has 0 aliphatic carbocycles. The molecule has 2 aromatic heterocycles. The first-order valence-electron chi connectivity index (χ1n) is 8.09. The second-order valence-corrected chi connectivity index (χ2v) is 6.55. The van der Waals surface area contributed by atoms with Gasteiger partial charge in [-0.25, -0.2) is 4.98 Å². The van der Waals surface area contributed by atoms with Gasteiger partial charge in [-0.1, -0.05) is 6.07 Å². The maximum atomic E-state index is 12.7. The number of rotatable bonds is 5. The Balaban J connectivity index is 1.65. The van der Waals surface area contributed by atoms with E-state index in [-0.39, 0.29) is 17.1 Å². The number of hydrogen-bond donors (Lipinski definition) is 2. The van der Waals surface area contributed by atoms with Crippen molar-refractivity contribution in [2.45, 2.75) is 12.7 Å². The molecule has 0 aliphatic rings. The summed E-state index contributed by atoms with van der Waals surface area (Å²) in [6.45, 7) is -0.407. The van der Waals surface area contributed by atoms with Crippen molar-refractivity contribution in [3.63, 3.8) is 0 Å². The van der Waals surface area contributed by atoms with E-state index < -0.39 is 35.7 Å². The summed E-state index contributed by atoms with van der Waals surface area (Å²) in [5, 5.41) is 6.38. The summed E-state index contributed by atoms with van der Waals surface area (Å²) < 4.78 is 39.3. The van der Waals surface area contributed by atoms with Crippen molar-refractivity contribution in [3.05, 3.63) is 75.1 Å². The topological polar surface area (TPSA) is 93.1 Å². The first-order chi connectivity index (χ1) is 13.7. The average molecular weight is 422 g/mol. The normalized spacial score (nSPS) is 11.1. The van der Waals surface area contributed by atoms with Crippen molar-refractivity contribution in [1.29, 1.82) is 0 Å². The van der Waals surface area contributed by atoms with E-state index in [1.54, 1.807) is 5.38 Å². The lowest BCUT2D eigenvalue weighted by Crippen LogP contribution is -2.27. The van der Waals surface area contributed by atoms with Gasteiger partial charge in [-0.2, -0.15) is 13.2 Å². The molecule has 0 unspecified atom stereocenters. The van der Waals surface area contributed by atoms with Gasteiger partial charge in [0.2, 0.25) is 5.91 Å². The summed E-state index contributed by atoms with van der Waals surface area (Å²) in [6.07, 6.45) is -3.23. The van der Waals surface area contributed by atoms with E-state index in [2.05, 4.69) is 15.6 Å². The number of carbonyl (C=O) groups excluding carboxylic acids is 2. The van der Waals surface area contributed by atoms with Gasteiger partial charge in [0.15, 0.2) is 0 Å². The van der Waals surface area contributed by atoms with Crippen LogP contribution < -0.4 is 16.2 Å². The highest BCUT2D eigenvalue weighted by Gasteiger charge is 2.30. The molecule has 2 amide bonds. The van der Waals surface area contributed by atoms with Gasteiger partial charge in [0, 0.05) is 29.0 Å². The largest absolute Gasteiger partial charge is 0.416 e. The molecule has 0 spiro atoms. The van der Waals surface area contributed by atoms with Gasteiger partial charge < -0.3 is 15.2 Å². The van der Waals surface area contributed by atoms with E-state index in [0.717, 1.165) is 22.8 Å². The number of nitrogens with one attached hydrogen (secondary N) is 2. The number of carbonyl (C=O) groups is 2. The van der Waals surface area contributed by atoms with Gasteiger partial charge in [-0.05, 0) is 24.3 Å². The van der Waals surface area contributed by atoms with E-state index in [9.17, 15) is 27.6 Å². The van der Waals surface area contributed by atoms with Crippen molar-refractivity contribution in [2.75, 3.05) is 10.6 Å². The predicted molar refractivity (Wildman–Crippen MR) is 101 cm³/mol. The Morgan fingerprint density at radius 3 is 2.52 bits per heavy atom. The fourth-order valence-electron chi connectivity index (χ4n) is 2.36. The van der Waals surface area contributed by atoms with Crippen molar-refractivity contribution >= 4 is 34.5 Å². The number of thiazole rings is 1. The lowest BCUT2D eigenvalue weighted by molar-refractivity contribution is -0.137. The zero-order chi connectivity index (χ0) is 21.0. The number of anilines is 2. The van der Waals surface area contributed by atoms with Crippen molar-refractivity contribution in [2.24, 2.45) is 0 Å². The van der Waals surface area contributed by atoms with Crippen LogP contribution >= 0.6 is 11.3 Å². The molecule has 0 fully saturated rings. The van der Waals surface area contributed by atoms with Crippen molar-refractivity contribution < 1.29 is 22.8 Å². The smallest absolute Gasteiger partial charge is 0.325 e. The molecule has 0 atom stereocenters. The number of hydrogen-bond acceptors (Lipinski definition) is 5. The first-order valence-corrected chi connectivity index (χ1v) is 9.04. The summed E-state index contributed by atoms with van der Waals surface area (Å²) in [4.78, 5) is 40.0. The number of alkyl halides is 3. The van der Waals surface area contributed by atoms with Crippen LogP contribution in [0.2, 0.25) is 0 Å². The summed E-state index contributed by atoms with van der Waals surface area (Å²) >= 11 is 1.25. The summed E-state index contributed by atoms with van der Waals surface area (Å²) in [7, 11) is 0. The van der Waals surface area contributed by atoms with Gasteiger partial charge in [0.05, 0.1) is 11.1 Å². The molecule has 150 valence electrons. The molecule has 0 aliphatic heterocycles. The quantitative estimate of drug-likeness (QED) is 0.660. The van der Waals surface area contributed by atoms with Crippen molar-refractivity contribution in [1.82, 2.24) is 9.55 Å². The van der Waals surface area contributed by atoms with Crippen LogP contribution in [0, 0.1) is 0 Å². The Bertz CT molecular complexity index is 1090. The Kier molecular flexibility index (Phi) is 5.78. The maximum Gasteiger partial charge on any atom is 0.416 e. The van der Waals surface area contributed by atoms with E-state index in [1.807, 2.05) is 0 Å². The molecule has 0 saturated carbocycles. The third kappa shape index (κ3) is 5.29. The number of nitrogens with zero attached hydrogens (tertiary/aromatic N) is 2. The molecule has 3 aromatic rings. The van der Waals surface area contributed by atoms with Crippen LogP contribution in [0.25, 0.3) is 0 Å². The third-order valence-corrected chi connectivity index (χ3v) is 4.29. The van der Waals surface area contributed by atoms with E-state index >= 15 is 0 Å². The maximum absolute atomic E-state index is 12.7. The SMILES string of the molecule is O=C(Cn1ccc(NC(=O)c2cscn2)cc1=O)Nc1cccc(C(F)(F)F)c1. The Hall–Kier alpha value is -3.47. The molecular formula is C18H13F3N4O3S. The molecule has 29 heavy (non-hydrogen) atoms. The van der Waals surface area contributed by atoms with Gasteiger partial charge in [0.25, 0.3) is 11.5 Å². The zero-order valence-electron chi connectivity index (χ0n) is 14.6. The molecule has 3 rings (SSSR count). The number of benzene rings is 1. The van der Waals surface area contributed by atoms with Crippen LogP contribution in [-0.2, 0) is 17.5 Å². The Morgan fingerprint density at radius 1 is 1.10 bits per heavy atom. The van der Waals surface area contributed by atoms with E-state index in [0.29, 0.717) is 0 Å². The minimum absolute atomic E-state index is 0.0370. The number of pyridine rings is 1. The average Bonchev–Trinajstić information content (AvgIpc) is 3.18. The molecule has 2 N–H and O–H groups in total. The number of halogens is 3. The van der Waals surface area contributed by atoms with Gasteiger partial charge in [-0.3, -0.25) is 14.4 Å². The Labute approximate surface area is 165 Å². The lowest BCUT2D eigenvalue weighted by Gasteiger charge is -2.11. The highest BCUT2D eigenvalue weighted by atomic mass is 32.1. The summed E-state index contributed by atoms with van der Waals surface area (Å²) in [5.74, 6) is -1.16. The fourth-order valence-corrected chi connectivity index (χ4v) is 2.90. The zero-order valence-corrected chi connectivity index (χ0v) is 15.4. The van der Waals surface area contributed by atoms with Crippen LogP contribution in [0.5, 0.6) is 0 Å². The van der Waals surface area contributed by atoms with Crippen LogP contribution in [0.3, 0.4) is 0 Å². The van der Waals surface area contributed by atoms with Crippen LogP contribution in [0.1, 0.15) is 16.1 Å². The highest BCUT2D eigenvalue weighted by molar-refractivity contribution is 7.07. The van der Waals surface area contributed by atoms with Gasteiger partial charge in [0.1, 0.15) is 12.2 Å². The van der Waals surface area contributed by atoms with Gasteiger partial charge in [-0.15, -0.1) is 11.3 Å². The molecule has 7 nitrogen and oxygen atoms in total. The lowest BCUT2D eigenvalue weighted by atomic mass is 10.2. The standard InChI is InChI=1S/C18H13F3N4O3S/c19-18(20,21)11-2-1-3-12(6-11)23-15(26)8-25-5-4-13(7-16(25)27)24-17(28)14-9-29-10-22-14/h1-7,9-10H,8H2,(H,23,26)(H,24,28). The molecule has 2 heterocycles. The molecule has 0 saturated heterocycles. The second-order valence-electron chi connectivity index (χ2n) is 5.84. The predicted octanol–water partition coefficient (Wildman–Crippen LogP) is 3.21. The van der Waals surface area contributed by atoms with Gasteiger partial charge >= 0.3 is 6.18 Å². The third-order valence-electron chi connectivity index (χ3n) is 3.71. The van der Waals surface area contributed by atoms with Crippen LogP contribution in [-0.4, -0.2) is 21.4 Å². The highest BCUT2D eigenvalue weighted by Crippen LogP contribution is 2.30. The van der Waals surface area contributed by atoms with Crippen molar-refractivity contribution in [3.8, 4) is 0 Å². The molecule has 0 bridgehead atoms. The monoisotopic (exact) mass is 422 g/mol. The molecule has 11 heteroatoms. The summed E-state index contributed by atoms with van der Waals surface area (Å²) in [6, 6.07) is 6.72. The first kappa shape index (κ1) is 20.3. The Morgan fingerprint density at radius 2 is 1.86 bits per heavy atom. The minimum atomic E-state index is -4.53. The second kappa shape index (κ2) is 8.27. The minimum Gasteiger partial charge on any atom is -0.325 e. The summed E-state index contributed by atoms with van der Waals surface area (Å²) in [5.41, 5.74) is 0.427. The number of amides is 2. The van der Waals surface area contributed by atoms with E-state index in [4.69, 9.17) is 0 Å². The van der Waals surface area contributed by atoms with E-state index in [1.165, 1.54) is 41.2 Å². The molecule has 1 aromatic carbocycles. The van der Waals surface area contributed by atoms with Crippen LogP contribution in [0.15, 0.2) is 58.3 Å². The van der Waals surface area contributed by atoms with Crippen LogP contribution in [0.4, 0.5) is 24.5 Å². The molecular weight excluding hydrogens is 409 g/mol. The molecule has 0 radical (unpaired) electrons. The number of aromatic nitrogens is 2.